The van der Waals surface area contributed by atoms with Gasteiger partial charge in [0.15, 0.2) is 0 Å². The fourth-order valence-corrected chi connectivity index (χ4v) is 2.18. The Labute approximate surface area is 83.4 Å². The SMILES string of the molecule is O=C1CC[C@H](C(=O)NC2CCCC2)N1. The van der Waals surface area contributed by atoms with Gasteiger partial charge in [0.2, 0.25) is 11.8 Å². The molecule has 0 unspecified atom stereocenters. The molecule has 1 atom stereocenters. The van der Waals surface area contributed by atoms with E-state index in [0.717, 1.165) is 12.8 Å². The standard InChI is InChI=1S/C10H16N2O2/c13-9-6-5-8(12-9)10(14)11-7-3-1-2-4-7/h7-8H,1-6H2,(H,11,14)(H,12,13)/t8-/m1/s1. The van der Waals surface area contributed by atoms with Crippen LogP contribution < -0.4 is 10.6 Å². The molecule has 2 fully saturated rings. The van der Waals surface area contributed by atoms with Crippen molar-refractivity contribution in [2.45, 2.75) is 50.6 Å². The quantitative estimate of drug-likeness (QED) is 0.668. The summed E-state index contributed by atoms with van der Waals surface area (Å²) in [5.74, 6) is -0.000628. The van der Waals surface area contributed by atoms with E-state index in [1.54, 1.807) is 0 Å². The smallest absolute Gasteiger partial charge is 0.242 e. The van der Waals surface area contributed by atoms with Crippen LogP contribution in [0.15, 0.2) is 0 Å². The predicted octanol–water partition coefficient (Wildman–Crippen LogP) is 0.324. The number of nitrogens with one attached hydrogen (secondary N) is 2. The average Bonchev–Trinajstić information content (AvgIpc) is 2.75. The average molecular weight is 196 g/mol. The molecule has 0 bridgehead atoms. The molecule has 0 radical (unpaired) electrons. The van der Waals surface area contributed by atoms with Crippen molar-refractivity contribution in [1.82, 2.24) is 10.6 Å². The summed E-state index contributed by atoms with van der Waals surface area (Å²) >= 11 is 0. The Bertz CT molecular complexity index is 247. The number of hydrogen-bond donors (Lipinski definition) is 2. The summed E-state index contributed by atoms with van der Waals surface area (Å²) in [4.78, 5) is 22.5. The summed E-state index contributed by atoms with van der Waals surface area (Å²) in [5, 5.41) is 5.66. The second-order valence-corrected chi connectivity index (χ2v) is 4.15. The Balaban J connectivity index is 1.80. The van der Waals surface area contributed by atoms with Crippen LogP contribution in [0, 0.1) is 0 Å². The topological polar surface area (TPSA) is 58.2 Å². The van der Waals surface area contributed by atoms with Crippen LogP contribution in [-0.4, -0.2) is 23.9 Å². The van der Waals surface area contributed by atoms with Crippen molar-refractivity contribution >= 4 is 11.8 Å². The predicted molar refractivity (Wildman–Crippen MR) is 51.6 cm³/mol. The first-order valence-corrected chi connectivity index (χ1v) is 5.35. The molecule has 4 nitrogen and oxygen atoms in total. The normalized spacial score (nSPS) is 27.7. The molecule has 0 aromatic rings. The first-order valence-electron chi connectivity index (χ1n) is 5.35. The molecule has 78 valence electrons. The molecule has 2 aliphatic rings. The van der Waals surface area contributed by atoms with Crippen molar-refractivity contribution in [2.24, 2.45) is 0 Å². The largest absolute Gasteiger partial charge is 0.352 e. The molecular formula is C10H16N2O2. The summed E-state index contributed by atoms with van der Waals surface area (Å²) in [5.41, 5.74) is 0. The number of amides is 2. The first kappa shape index (κ1) is 9.49. The van der Waals surface area contributed by atoms with Crippen molar-refractivity contribution < 1.29 is 9.59 Å². The fourth-order valence-electron chi connectivity index (χ4n) is 2.18. The Hall–Kier alpha value is -1.06. The Morgan fingerprint density at radius 3 is 2.57 bits per heavy atom. The van der Waals surface area contributed by atoms with Gasteiger partial charge in [-0.25, -0.2) is 0 Å². The first-order chi connectivity index (χ1) is 6.75. The van der Waals surface area contributed by atoms with Crippen LogP contribution in [0.4, 0.5) is 0 Å². The lowest BCUT2D eigenvalue weighted by atomic mass is 10.2. The molecule has 14 heavy (non-hydrogen) atoms. The van der Waals surface area contributed by atoms with Crippen molar-refractivity contribution in [3.63, 3.8) is 0 Å². The Kier molecular flexibility index (Phi) is 2.70. The van der Waals surface area contributed by atoms with Crippen molar-refractivity contribution in [2.75, 3.05) is 0 Å². The number of carbonyl (C=O) groups excluding carboxylic acids is 2. The highest BCUT2D eigenvalue weighted by molar-refractivity contribution is 5.90. The zero-order chi connectivity index (χ0) is 9.97. The Morgan fingerprint density at radius 1 is 1.29 bits per heavy atom. The summed E-state index contributed by atoms with van der Waals surface area (Å²) in [6.45, 7) is 0. The van der Waals surface area contributed by atoms with Gasteiger partial charge in [0.1, 0.15) is 6.04 Å². The lowest BCUT2D eigenvalue weighted by molar-refractivity contribution is -0.126. The van der Waals surface area contributed by atoms with Gasteiger partial charge in [0.05, 0.1) is 0 Å². The third kappa shape index (κ3) is 2.05. The molecule has 1 saturated carbocycles. The van der Waals surface area contributed by atoms with Gasteiger partial charge in [-0.3, -0.25) is 9.59 Å². The van der Waals surface area contributed by atoms with Gasteiger partial charge < -0.3 is 10.6 Å². The van der Waals surface area contributed by atoms with Gasteiger partial charge >= 0.3 is 0 Å². The maximum Gasteiger partial charge on any atom is 0.242 e. The highest BCUT2D eigenvalue weighted by Gasteiger charge is 2.28. The third-order valence-electron chi connectivity index (χ3n) is 3.01. The van der Waals surface area contributed by atoms with Crippen LogP contribution >= 0.6 is 0 Å². The van der Waals surface area contributed by atoms with E-state index in [4.69, 9.17) is 0 Å². The number of carbonyl (C=O) groups is 2. The highest BCUT2D eigenvalue weighted by Crippen LogP contribution is 2.18. The Morgan fingerprint density at radius 2 is 2.00 bits per heavy atom. The minimum atomic E-state index is -0.275. The van der Waals surface area contributed by atoms with E-state index in [2.05, 4.69) is 10.6 Å². The van der Waals surface area contributed by atoms with Crippen molar-refractivity contribution in [3.8, 4) is 0 Å². The molecule has 1 aliphatic carbocycles. The molecule has 2 rings (SSSR count). The molecule has 1 heterocycles. The third-order valence-corrected chi connectivity index (χ3v) is 3.01. The summed E-state index contributed by atoms with van der Waals surface area (Å²) in [7, 11) is 0. The molecule has 1 aliphatic heterocycles. The van der Waals surface area contributed by atoms with E-state index in [0.29, 0.717) is 18.9 Å². The monoisotopic (exact) mass is 196 g/mol. The van der Waals surface area contributed by atoms with Gasteiger partial charge in [0.25, 0.3) is 0 Å². The molecule has 0 aromatic carbocycles. The highest BCUT2D eigenvalue weighted by atomic mass is 16.2. The molecule has 0 spiro atoms. The van der Waals surface area contributed by atoms with Gasteiger partial charge in [-0.1, -0.05) is 12.8 Å². The van der Waals surface area contributed by atoms with Crippen LogP contribution in [0.1, 0.15) is 38.5 Å². The lowest BCUT2D eigenvalue weighted by Crippen LogP contribution is -2.45. The van der Waals surface area contributed by atoms with Gasteiger partial charge in [0, 0.05) is 12.5 Å². The summed E-state index contributed by atoms with van der Waals surface area (Å²) in [6, 6.07) is 0.0723. The van der Waals surface area contributed by atoms with Gasteiger partial charge in [-0.05, 0) is 19.3 Å². The number of hydrogen-bond acceptors (Lipinski definition) is 2. The minimum absolute atomic E-state index is 0.00255. The molecule has 2 amide bonds. The van der Waals surface area contributed by atoms with Crippen LogP contribution in [0.25, 0.3) is 0 Å². The van der Waals surface area contributed by atoms with Crippen molar-refractivity contribution in [1.29, 1.82) is 0 Å². The second-order valence-electron chi connectivity index (χ2n) is 4.15. The van der Waals surface area contributed by atoms with E-state index in [-0.39, 0.29) is 17.9 Å². The summed E-state index contributed by atoms with van der Waals surface area (Å²) < 4.78 is 0. The van der Waals surface area contributed by atoms with E-state index in [1.165, 1.54) is 12.8 Å². The zero-order valence-corrected chi connectivity index (χ0v) is 8.21. The molecule has 2 N–H and O–H groups in total. The van der Waals surface area contributed by atoms with E-state index < -0.39 is 0 Å². The summed E-state index contributed by atoms with van der Waals surface area (Å²) in [6.07, 6.45) is 5.74. The van der Waals surface area contributed by atoms with Crippen LogP contribution in [0.2, 0.25) is 0 Å². The number of rotatable bonds is 2. The molecule has 0 aromatic heterocycles. The van der Waals surface area contributed by atoms with Gasteiger partial charge in [-0.2, -0.15) is 0 Å². The fraction of sp³-hybridized carbons (Fsp3) is 0.800. The lowest BCUT2D eigenvalue weighted by Gasteiger charge is -2.15. The van der Waals surface area contributed by atoms with Crippen molar-refractivity contribution in [3.05, 3.63) is 0 Å². The van der Waals surface area contributed by atoms with Crippen LogP contribution in [-0.2, 0) is 9.59 Å². The van der Waals surface area contributed by atoms with Crippen LogP contribution in [0.3, 0.4) is 0 Å². The minimum Gasteiger partial charge on any atom is -0.352 e. The van der Waals surface area contributed by atoms with Crippen LogP contribution in [0.5, 0.6) is 0 Å². The van der Waals surface area contributed by atoms with E-state index >= 15 is 0 Å². The molecular weight excluding hydrogens is 180 g/mol. The zero-order valence-electron chi connectivity index (χ0n) is 8.21. The second kappa shape index (κ2) is 3.98. The maximum atomic E-state index is 11.6. The maximum absolute atomic E-state index is 11.6. The van der Waals surface area contributed by atoms with Gasteiger partial charge in [-0.15, -0.1) is 0 Å². The van der Waals surface area contributed by atoms with E-state index in [9.17, 15) is 9.59 Å². The molecule has 1 saturated heterocycles. The molecule has 4 heteroatoms. The van der Waals surface area contributed by atoms with E-state index in [1.807, 2.05) is 0 Å².